The van der Waals surface area contributed by atoms with Crippen LogP contribution in [0.15, 0.2) is 18.3 Å². The predicted octanol–water partition coefficient (Wildman–Crippen LogP) is 3.21. The molecule has 0 bridgehead atoms. The van der Waals surface area contributed by atoms with Crippen molar-refractivity contribution in [2.24, 2.45) is 11.8 Å². The monoisotopic (exact) mass is 273 g/mol. The molecule has 1 aromatic heterocycles. The average molecular weight is 273 g/mol. The van der Waals surface area contributed by atoms with Gasteiger partial charge in [-0.05, 0) is 37.3 Å². The molecule has 2 unspecified atom stereocenters. The van der Waals surface area contributed by atoms with Crippen molar-refractivity contribution in [3.8, 4) is 0 Å². The molecule has 0 spiro atoms. The standard InChI is InChI=1S/C17H27N3/c1-2-18-12-15-8-5-10-19-17(15)20-11-9-14-6-3-4-7-16(14)13-20/h5,8,10,14,16,18H,2-4,6-7,9,11-13H2,1H3. The molecule has 1 aliphatic heterocycles. The molecule has 3 heteroatoms. The molecule has 2 atom stereocenters. The second-order valence-electron chi connectivity index (χ2n) is 6.31. The molecule has 0 aromatic carbocycles. The van der Waals surface area contributed by atoms with Crippen LogP contribution >= 0.6 is 0 Å². The fraction of sp³-hybridized carbons (Fsp3) is 0.706. The topological polar surface area (TPSA) is 28.2 Å². The number of nitrogens with one attached hydrogen (secondary N) is 1. The number of rotatable bonds is 4. The van der Waals surface area contributed by atoms with Gasteiger partial charge in [-0.25, -0.2) is 4.98 Å². The van der Waals surface area contributed by atoms with E-state index in [1.165, 1.54) is 56.6 Å². The van der Waals surface area contributed by atoms with Gasteiger partial charge < -0.3 is 10.2 Å². The molecule has 3 rings (SSSR count). The fourth-order valence-corrected chi connectivity index (χ4v) is 3.91. The van der Waals surface area contributed by atoms with E-state index in [9.17, 15) is 0 Å². The van der Waals surface area contributed by atoms with Gasteiger partial charge in [0.25, 0.3) is 0 Å². The summed E-state index contributed by atoms with van der Waals surface area (Å²) in [5, 5.41) is 3.43. The molecule has 0 amide bonds. The average Bonchev–Trinajstić information content (AvgIpc) is 2.53. The summed E-state index contributed by atoms with van der Waals surface area (Å²) in [6.45, 7) is 6.52. The Morgan fingerprint density at radius 2 is 2.10 bits per heavy atom. The van der Waals surface area contributed by atoms with Crippen LogP contribution in [-0.2, 0) is 6.54 Å². The lowest BCUT2D eigenvalue weighted by Gasteiger charge is -2.42. The third kappa shape index (κ3) is 2.98. The number of anilines is 1. The molecule has 2 heterocycles. The summed E-state index contributed by atoms with van der Waals surface area (Å²) in [6, 6.07) is 4.28. The van der Waals surface area contributed by atoms with Gasteiger partial charge in [0.05, 0.1) is 0 Å². The van der Waals surface area contributed by atoms with Gasteiger partial charge in [0.15, 0.2) is 0 Å². The van der Waals surface area contributed by atoms with E-state index in [1.807, 2.05) is 6.20 Å². The first-order valence-corrected chi connectivity index (χ1v) is 8.28. The summed E-state index contributed by atoms with van der Waals surface area (Å²) in [5.74, 6) is 3.12. The predicted molar refractivity (Wildman–Crippen MR) is 83.9 cm³/mol. The Balaban J connectivity index is 1.72. The number of fused-ring (bicyclic) bond motifs is 1. The van der Waals surface area contributed by atoms with E-state index in [2.05, 4.69) is 34.3 Å². The van der Waals surface area contributed by atoms with E-state index >= 15 is 0 Å². The van der Waals surface area contributed by atoms with Crippen molar-refractivity contribution in [2.45, 2.75) is 45.6 Å². The smallest absolute Gasteiger partial charge is 0.133 e. The van der Waals surface area contributed by atoms with Crippen LogP contribution in [0.3, 0.4) is 0 Å². The Bertz CT molecular complexity index is 432. The summed E-state index contributed by atoms with van der Waals surface area (Å²) in [6.07, 6.45) is 9.08. The number of pyridine rings is 1. The van der Waals surface area contributed by atoms with Gasteiger partial charge in [-0.3, -0.25) is 0 Å². The van der Waals surface area contributed by atoms with Gasteiger partial charge in [-0.2, -0.15) is 0 Å². The van der Waals surface area contributed by atoms with E-state index in [1.54, 1.807) is 0 Å². The maximum absolute atomic E-state index is 4.68. The molecule has 1 aliphatic carbocycles. The molecule has 0 radical (unpaired) electrons. The third-order valence-electron chi connectivity index (χ3n) is 5.02. The minimum absolute atomic E-state index is 0.909. The van der Waals surface area contributed by atoms with Crippen LogP contribution in [0.5, 0.6) is 0 Å². The molecule has 1 aromatic rings. The van der Waals surface area contributed by atoms with Gasteiger partial charge in [-0.15, -0.1) is 0 Å². The maximum Gasteiger partial charge on any atom is 0.133 e. The normalized spacial score (nSPS) is 26.4. The van der Waals surface area contributed by atoms with Crippen LogP contribution in [0.2, 0.25) is 0 Å². The lowest BCUT2D eigenvalue weighted by molar-refractivity contribution is 0.202. The second-order valence-corrected chi connectivity index (χ2v) is 6.31. The Morgan fingerprint density at radius 3 is 2.95 bits per heavy atom. The summed E-state index contributed by atoms with van der Waals surface area (Å²) >= 11 is 0. The molecule has 110 valence electrons. The van der Waals surface area contributed by atoms with Gasteiger partial charge >= 0.3 is 0 Å². The van der Waals surface area contributed by atoms with E-state index in [0.29, 0.717) is 0 Å². The second kappa shape index (κ2) is 6.57. The van der Waals surface area contributed by atoms with Crippen LogP contribution in [0.1, 0.15) is 44.6 Å². The maximum atomic E-state index is 4.68. The third-order valence-corrected chi connectivity index (χ3v) is 5.02. The lowest BCUT2D eigenvalue weighted by atomic mass is 9.75. The van der Waals surface area contributed by atoms with Crippen molar-refractivity contribution in [3.63, 3.8) is 0 Å². The zero-order chi connectivity index (χ0) is 13.8. The summed E-state index contributed by atoms with van der Waals surface area (Å²) in [5.41, 5.74) is 1.35. The minimum atomic E-state index is 0.909. The molecule has 2 aliphatic rings. The largest absolute Gasteiger partial charge is 0.356 e. The number of piperidine rings is 1. The van der Waals surface area contributed by atoms with Crippen LogP contribution in [-0.4, -0.2) is 24.6 Å². The molecule has 3 nitrogen and oxygen atoms in total. The fourth-order valence-electron chi connectivity index (χ4n) is 3.91. The van der Waals surface area contributed by atoms with Gasteiger partial charge in [0.2, 0.25) is 0 Å². The van der Waals surface area contributed by atoms with Crippen molar-refractivity contribution in [2.75, 3.05) is 24.5 Å². The van der Waals surface area contributed by atoms with E-state index < -0.39 is 0 Å². The molecule has 2 fully saturated rings. The van der Waals surface area contributed by atoms with Gasteiger partial charge in [-0.1, -0.05) is 32.3 Å². The van der Waals surface area contributed by atoms with Crippen molar-refractivity contribution >= 4 is 5.82 Å². The van der Waals surface area contributed by atoms with E-state index in [4.69, 9.17) is 0 Å². The molecule has 1 N–H and O–H groups in total. The number of nitrogens with zero attached hydrogens (tertiary/aromatic N) is 2. The zero-order valence-corrected chi connectivity index (χ0v) is 12.6. The first kappa shape index (κ1) is 13.9. The van der Waals surface area contributed by atoms with E-state index in [-0.39, 0.29) is 0 Å². The Labute approximate surface area is 122 Å². The zero-order valence-electron chi connectivity index (χ0n) is 12.6. The number of hydrogen-bond donors (Lipinski definition) is 1. The highest BCUT2D eigenvalue weighted by atomic mass is 15.2. The van der Waals surface area contributed by atoms with Crippen LogP contribution in [0, 0.1) is 11.8 Å². The Hall–Kier alpha value is -1.09. The van der Waals surface area contributed by atoms with Gasteiger partial charge in [0, 0.05) is 31.4 Å². The highest BCUT2D eigenvalue weighted by molar-refractivity contribution is 5.47. The van der Waals surface area contributed by atoms with Gasteiger partial charge in [0.1, 0.15) is 5.82 Å². The lowest BCUT2D eigenvalue weighted by Crippen LogP contribution is -2.42. The highest BCUT2D eigenvalue weighted by Crippen LogP contribution is 2.37. The Morgan fingerprint density at radius 1 is 1.25 bits per heavy atom. The Kier molecular flexibility index (Phi) is 4.56. The van der Waals surface area contributed by atoms with Crippen LogP contribution in [0.4, 0.5) is 5.82 Å². The van der Waals surface area contributed by atoms with Crippen molar-refractivity contribution in [1.82, 2.24) is 10.3 Å². The summed E-state index contributed by atoms with van der Waals surface area (Å²) < 4.78 is 0. The summed E-state index contributed by atoms with van der Waals surface area (Å²) in [4.78, 5) is 7.22. The molecular formula is C17H27N3. The number of aromatic nitrogens is 1. The van der Waals surface area contributed by atoms with Crippen molar-refractivity contribution in [3.05, 3.63) is 23.9 Å². The van der Waals surface area contributed by atoms with E-state index in [0.717, 1.165) is 24.9 Å². The minimum Gasteiger partial charge on any atom is -0.356 e. The first-order chi connectivity index (χ1) is 9.88. The summed E-state index contributed by atoms with van der Waals surface area (Å²) in [7, 11) is 0. The first-order valence-electron chi connectivity index (χ1n) is 8.28. The molecule has 1 saturated heterocycles. The molecule has 20 heavy (non-hydrogen) atoms. The molecular weight excluding hydrogens is 246 g/mol. The highest BCUT2D eigenvalue weighted by Gasteiger charge is 2.32. The van der Waals surface area contributed by atoms with Crippen molar-refractivity contribution < 1.29 is 0 Å². The van der Waals surface area contributed by atoms with Crippen LogP contribution < -0.4 is 10.2 Å². The number of hydrogen-bond acceptors (Lipinski definition) is 3. The van der Waals surface area contributed by atoms with Crippen LogP contribution in [0.25, 0.3) is 0 Å². The molecule has 1 saturated carbocycles. The SMILES string of the molecule is CCNCc1cccnc1N1CCC2CCCCC2C1. The quantitative estimate of drug-likeness (QED) is 0.913. The van der Waals surface area contributed by atoms with Crippen molar-refractivity contribution in [1.29, 1.82) is 0 Å².